The third-order valence-electron chi connectivity index (χ3n) is 2.26. The Balaban J connectivity index is 1.90. The van der Waals surface area contributed by atoms with Gasteiger partial charge in [-0.25, -0.2) is 0 Å². The highest BCUT2D eigenvalue weighted by molar-refractivity contribution is 8.01. The predicted molar refractivity (Wildman–Crippen MR) is 78.9 cm³/mol. The van der Waals surface area contributed by atoms with Crippen molar-refractivity contribution in [3.8, 4) is 5.75 Å². The Morgan fingerprint density at radius 1 is 1.23 bits per heavy atom. The van der Waals surface area contributed by atoms with Gasteiger partial charge in [-0.15, -0.1) is 23.4 Å². The van der Waals surface area contributed by atoms with Crippen LogP contribution < -0.4 is 10.1 Å². The van der Waals surface area contributed by atoms with Crippen molar-refractivity contribution in [2.45, 2.75) is 10.7 Å². The summed E-state index contributed by atoms with van der Waals surface area (Å²) in [6, 6.07) is 5.40. The van der Waals surface area contributed by atoms with Crippen LogP contribution in [0.15, 0.2) is 28.6 Å². The first-order valence-electron chi connectivity index (χ1n) is 6.04. The summed E-state index contributed by atoms with van der Waals surface area (Å²) < 4.78 is 45.7. The summed E-state index contributed by atoms with van der Waals surface area (Å²) in [6.45, 7) is 0.619. The molecule has 10 heteroatoms. The Labute approximate surface area is 132 Å². The third kappa shape index (κ3) is 5.70. The van der Waals surface area contributed by atoms with E-state index in [2.05, 4.69) is 20.3 Å². The minimum Gasteiger partial charge on any atom is -0.406 e. The van der Waals surface area contributed by atoms with Crippen molar-refractivity contribution in [1.82, 2.24) is 10.2 Å². The highest BCUT2D eigenvalue weighted by Crippen LogP contribution is 2.29. The topological polar surface area (TPSA) is 56.3 Å². The Bertz CT molecular complexity index is 590. The monoisotopic (exact) mass is 351 g/mol. The summed E-state index contributed by atoms with van der Waals surface area (Å²) in [7, 11) is 1.62. The van der Waals surface area contributed by atoms with Crippen LogP contribution in [0.5, 0.6) is 5.75 Å². The maximum atomic E-state index is 12.1. The number of aromatic nitrogens is 2. The molecule has 1 aromatic carbocycles. The number of nitrogens with one attached hydrogen (secondary N) is 1. The van der Waals surface area contributed by atoms with Crippen molar-refractivity contribution in [3.05, 3.63) is 24.3 Å². The second kappa shape index (κ2) is 7.65. The highest BCUT2D eigenvalue weighted by atomic mass is 32.2. The lowest BCUT2D eigenvalue weighted by molar-refractivity contribution is -0.274. The molecule has 120 valence electrons. The third-order valence-corrected chi connectivity index (χ3v) is 4.19. The number of ether oxygens (including phenoxy) is 2. The molecule has 0 atom stereocenters. The second-order valence-corrected chi connectivity index (χ2v) is 6.23. The molecule has 0 amide bonds. The van der Waals surface area contributed by atoms with Gasteiger partial charge in [-0.2, -0.15) is 0 Å². The Morgan fingerprint density at radius 3 is 2.59 bits per heavy atom. The second-order valence-electron chi connectivity index (χ2n) is 3.91. The fourth-order valence-electron chi connectivity index (χ4n) is 1.39. The van der Waals surface area contributed by atoms with Crippen molar-refractivity contribution in [2.75, 3.05) is 24.8 Å². The van der Waals surface area contributed by atoms with E-state index in [-0.39, 0.29) is 5.75 Å². The minimum atomic E-state index is -4.69. The van der Waals surface area contributed by atoms with Crippen LogP contribution >= 0.6 is 23.1 Å². The van der Waals surface area contributed by atoms with Gasteiger partial charge >= 0.3 is 6.36 Å². The van der Waals surface area contributed by atoms with E-state index in [1.165, 1.54) is 47.4 Å². The van der Waals surface area contributed by atoms with E-state index in [1.54, 1.807) is 7.11 Å². The van der Waals surface area contributed by atoms with Gasteiger partial charge in [0, 0.05) is 18.6 Å². The van der Waals surface area contributed by atoms with Crippen molar-refractivity contribution in [2.24, 2.45) is 0 Å². The predicted octanol–water partition coefficient (Wildman–Crippen LogP) is 3.92. The van der Waals surface area contributed by atoms with Gasteiger partial charge in [0.1, 0.15) is 5.75 Å². The van der Waals surface area contributed by atoms with Gasteiger partial charge in [-0.1, -0.05) is 23.1 Å². The molecule has 0 aliphatic rings. The van der Waals surface area contributed by atoms with E-state index in [4.69, 9.17) is 4.74 Å². The van der Waals surface area contributed by atoms with Crippen LogP contribution in [0, 0.1) is 0 Å². The Hall–Kier alpha value is -1.52. The van der Waals surface area contributed by atoms with Crippen LogP contribution in [0.1, 0.15) is 0 Å². The molecular formula is C12H12F3N3O2S2. The van der Waals surface area contributed by atoms with Gasteiger partial charge in [-0.05, 0) is 24.3 Å². The Kier molecular flexibility index (Phi) is 5.86. The molecule has 22 heavy (non-hydrogen) atoms. The molecule has 1 N–H and O–H groups in total. The van der Waals surface area contributed by atoms with Crippen LogP contribution in [0.2, 0.25) is 0 Å². The number of hydrogen-bond acceptors (Lipinski definition) is 7. The molecule has 1 heterocycles. The van der Waals surface area contributed by atoms with Crippen molar-refractivity contribution in [1.29, 1.82) is 0 Å². The van der Waals surface area contributed by atoms with E-state index in [0.29, 0.717) is 17.4 Å². The molecular weight excluding hydrogens is 339 g/mol. The van der Waals surface area contributed by atoms with Gasteiger partial charge in [0.2, 0.25) is 5.13 Å². The van der Waals surface area contributed by atoms with Crippen LogP contribution in [-0.2, 0) is 4.74 Å². The molecule has 0 aliphatic carbocycles. The van der Waals surface area contributed by atoms with Gasteiger partial charge in [0.05, 0.1) is 6.61 Å². The fourth-order valence-corrected chi connectivity index (χ4v) is 3.14. The average molecular weight is 351 g/mol. The molecule has 0 saturated heterocycles. The van der Waals surface area contributed by atoms with Crippen LogP contribution in [0.25, 0.3) is 0 Å². The number of rotatable bonds is 7. The number of hydrogen-bond donors (Lipinski definition) is 1. The summed E-state index contributed by atoms with van der Waals surface area (Å²) in [5.41, 5.74) is 0.596. The number of benzene rings is 1. The first-order valence-corrected chi connectivity index (χ1v) is 7.84. The first-order chi connectivity index (χ1) is 10.5. The van der Waals surface area contributed by atoms with Crippen molar-refractivity contribution < 1.29 is 22.6 Å². The van der Waals surface area contributed by atoms with Crippen LogP contribution in [0.3, 0.4) is 0 Å². The SMILES string of the molecule is COCCSc1nnc(Nc2ccc(OC(F)(F)F)cc2)s1. The van der Waals surface area contributed by atoms with Gasteiger partial charge in [0.25, 0.3) is 0 Å². The zero-order valence-electron chi connectivity index (χ0n) is 11.4. The number of thioether (sulfide) groups is 1. The molecule has 0 fully saturated rings. The lowest BCUT2D eigenvalue weighted by Crippen LogP contribution is -2.16. The summed E-state index contributed by atoms with van der Waals surface area (Å²) in [4.78, 5) is 0. The molecule has 1 aromatic heterocycles. The maximum Gasteiger partial charge on any atom is 0.573 e. The largest absolute Gasteiger partial charge is 0.573 e. The van der Waals surface area contributed by atoms with E-state index in [9.17, 15) is 13.2 Å². The molecule has 5 nitrogen and oxygen atoms in total. The minimum absolute atomic E-state index is 0.272. The Morgan fingerprint density at radius 2 is 1.95 bits per heavy atom. The molecule has 0 spiro atoms. The molecule has 0 unspecified atom stereocenters. The summed E-state index contributed by atoms with van der Waals surface area (Å²) in [5.74, 6) is 0.500. The number of methoxy groups -OCH3 is 1. The van der Waals surface area contributed by atoms with E-state index < -0.39 is 6.36 Å². The number of nitrogens with zero attached hydrogens (tertiary/aromatic N) is 2. The van der Waals surface area contributed by atoms with E-state index in [0.717, 1.165) is 10.1 Å². The summed E-state index contributed by atoms with van der Waals surface area (Å²) in [5, 5.41) is 11.5. The molecule has 0 aliphatic heterocycles. The quantitative estimate of drug-likeness (QED) is 0.603. The summed E-state index contributed by atoms with van der Waals surface area (Å²) in [6.07, 6.45) is -4.69. The molecule has 0 bridgehead atoms. The average Bonchev–Trinajstić information content (AvgIpc) is 2.87. The van der Waals surface area contributed by atoms with Gasteiger partial charge in [-0.3, -0.25) is 0 Å². The molecule has 0 saturated carbocycles. The maximum absolute atomic E-state index is 12.1. The normalized spacial score (nSPS) is 11.5. The van der Waals surface area contributed by atoms with Gasteiger partial charge in [0.15, 0.2) is 4.34 Å². The van der Waals surface area contributed by atoms with Crippen LogP contribution in [-0.4, -0.2) is 36.0 Å². The lowest BCUT2D eigenvalue weighted by atomic mass is 10.3. The fraction of sp³-hybridized carbons (Fsp3) is 0.333. The standard InChI is InChI=1S/C12H12F3N3O2S2/c1-19-6-7-21-11-18-17-10(22-11)16-8-2-4-9(5-3-8)20-12(13,14)15/h2-5H,6-7H2,1H3,(H,16,17). The van der Waals surface area contributed by atoms with E-state index in [1.807, 2.05) is 0 Å². The van der Waals surface area contributed by atoms with E-state index >= 15 is 0 Å². The molecule has 2 rings (SSSR count). The zero-order chi connectivity index (χ0) is 16.0. The number of anilines is 2. The first kappa shape index (κ1) is 16.8. The molecule has 0 radical (unpaired) electrons. The summed E-state index contributed by atoms with van der Waals surface area (Å²) >= 11 is 2.88. The zero-order valence-corrected chi connectivity index (χ0v) is 13.0. The highest BCUT2D eigenvalue weighted by Gasteiger charge is 2.30. The van der Waals surface area contributed by atoms with Crippen molar-refractivity contribution >= 4 is 33.9 Å². The number of alkyl halides is 3. The van der Waals surface area contributed by atoms with Crippen molar-refractivity contribution in [3.63, 3.8) is 0 Å². The number of halogens is 3. The smallest absolute Gasteiger partial charge is 0.406 e. The van der Waals surface area contributed by atoms with Gasteiger partial charge < -0.3 is 14.8 Å². The lowest BCUT2D eigenvalue weighted by Gasteiger charge is -2.09. The molecule has 2 aromatic rings. The van der Waals surface area contributed by atoms with Crippen LogP contribution in [0.4, 0.5) is 24.0 Å².